The van der Waals surface area contributed by atoms with Crippen molar-refractivity contribution in [2.24, 2.45) is 11.1 Å². The molecule has 120 valence electrons. The van der Waals surface area contributed by atoms with E-state index in [1.165, 1.54) is 6.07 Å². The Morgan fingerprint density at radius 1 is 1.27 bits per heavy atom. The predicted octanol–water partition coefficient (Wildman–Crippen LogP) is 2.14. The fourth-order valence-corrected chi connectivity index (χ4v) is 2.18. The van der Waals surface area contributed by atoms with E-state index in [0.29, 0.717) is 12.8 Å². The van der Waals surface area contributed by atoms with Crippen LogP contribution in [0.15, 0.2) is 18.2 Å². The molecule has 1 rings (SSSR count). The summed E-state index contributed by atoms with van der Waals surface area (Å²) in [6, 6.07) is 3.47. The Hall–Kier alpha value is -2.44. The lowest BCUT2D eigenvalue weighted by Gasteiger charge is -2.25. The van der Waals surface area contributed by atoms with Crippen LogP contribution in [0.2, 0.25) is 0 Å². The summed E-state index contributed by atoms with van der Waals surface area (Å²) in [6.07, 6.45) is 0.400. The van der Waals surface area contributed by atoms with Crippen LogP contribution in [0.25, 0.3) is 0 Å². The highest BCUT2D eigenvalue weighted by Crippen LogP contribution is 2.31. The molecule has 0 radical (unpaired) electrons. The Morgan fingerprint density at radius 2 is 1.86 bits per heavy atom. The van der Waals surface area contributed by atoms with Gasteiger partial charge < -0.3 is 16.2 Å². The van der Waals surface area contributed by atoms with Crippen LogP contribution in [0.4, 0.5) is 10.1 Å². The lowest BCUT2D eigenvalue weighted by molar-refractivity contribution is -0.151. The number of nitrogens with two attached hydrogens (primary N) is 1. The number of nitrogens with one attached hydrogen (secondary N) is 1. The van der Waals surface area contributed by atoms with Crippen molar-refractivity contribution in [3.8, 4) is 0 Å². The topological polar surface area (TPSA) is 109 Å². The molecule has 0 aromatic heterocycles. The van der Waals surface area contributed by atoms with Crippen LogP contribution < -0.4 is 11.1 Å². The standard InChI is InChI=1S/C15H19FN2O4/c1-3-15(4-2,14(21)22)8-12(19)18-9-5-6-10(13(17)20)11(16)7-9/h5-7H,3-4,8H2,1-2H3,(H2,17,20)(H,18,19)(H,21,22). The normalized spacial score (nSPS) is 11.0. The average molecular weight is 310 g/mol. The number of rotatable bonds is 7. The molecule has 1 aromatic rings. The summed E-state index contributed by atoms with van der Waals surface area (Å²) in [4.78, 5) is 34.3. The van der Waals surface area contributed by atoms with Gasteiger partial charge in [0.05, 0.1) is 11.0 Å². The maximum absolute atomic E-state index is 13.6. The van der Waals surface area contributed by atoms with Crippen LogP contribution >= 0.6 is 0 Å². The van der Waals surface area contributed by atoms with Gasteiger partial charge in [0.1, 0.15) is 5.82 Å². The third-order valence-electron chi connectivity index (χ3n) is 3.82. The Morgan fingerprint density at radius 3 is 2.27 bits per heavy atom. The molecule has 6 nitrogen and oxygen atoms in total. The first kappa shape index (κ1) is 17.6. The number of anilines is 1. The summed E-state index contributed by atoms with van der Waals surface area (Å²) < 4.78 is 13.6. The maximum Gasteiger partial charge on any atom is 0.310 e. The number of hydrogen-bond donors (Lipinski definition) is 3. The van der Waals surface area contributed by atoms with Gasteiger partial charge in [-0.25, -0.2) is 4.39 Å². The third kappa shape index (κ3) is 3.81. The zero-order valence-electron chi connectivity index (χ0n) is 12.5. The van der Waals surface area contributed by atoms with Gasteiger partial charge in [-0.05, 0) is 31.0 Å². The summed E-state index contributed by atoms with van der Waals surface area (Å²) in [6.45, 7) is 3.40. The Labute approximate surface area is 127 Å². The van der Waals surface area contributed by atoms with Crippen LogP contribution in [0.3, 0.4) is 0 Å². The zero-order valence-corrected chi connectivity index (χ0v) is 12.5. The average Bonchev–Trinajstić information content (AvgIpc) is 2.44. The molecule has 0 bridgehead atoms. The van der Waals surface area contributed by atoms with E-state index >= 15 is 0 Å². The second-order valence-electron chi connectivity index (χ2n) is 5.08. The lowest BCUT2D eigenvalue weighted by Crippen LogP contribution is -2.34. The first-order chi connectivity index (χ1) is 10.3. The summed E-state index contributed by atoms with van der Waals surface area (Å²) in [5.74, 6) is -3.32. The van der Waals surface area contributed by atoms with Crippen molar-refractivity contribution in [3.63, 3.8) is 0 Å². The molecule has 2 amide bonds. The van der Waals surface area contributed by atoms with E-state index in [4.69, 9.17) is 5.73 Å². The van der Waals surface area contributed by atoms with E-state index in [1.54, 1.807) is 13.8 Å². The minimum absolute atomic E-state index is 0.138. The molecule has 0 spiro atoms. The molecule has 7 heteroatoms. The van der Waals surface area contributed by atoms with Gasteiger partial charge in [-0.15, -0.1) is 0 Å². The van der Waals surface area contributed by atoms with Crippen molar-refractivity contribution in [2.75, 3.05) is 5.32 Å². The number of carboxylic acids is 1. The van der Waals surface area contributed by atoms with Gasteiger partial charge in [0, 0.05) is 12.1 Å². The number of halogens is 1. The molecule has 0 atom stereocenters. The van der Waals surface area contributed by atoms with Crippen molar-refractivity contribution in [3.05, 3.63) is 29.6 Å². The fraction of sp³-hybridized carbons (Fsp3) is 0.400. The molecule has 22 heavy (non-hydrogen) atoms. The summed E-state index contributed by atoms with van der Waals surface area (Å²) >= 11 is 0. The van der Waals surface area contributed by atoms with Crippen molar-refractivity contribution in [1.82, 2.24) is 0 Å². The Balaban J connectivity index is 2.87. The number of carbonyl (C=O) groups excluding carboxylic acids is 2. The molecule has 0 aliphatic heterocycles. The van der Waals surface area contributed by atoms with E-state index in [1.807, 2.05) is 0 Å². The van der Waals surface area contributed by atoms with E-state index in [9.17, 15) is 23.9 Å². The molecule has 4 N–H and O–H groups in total. The second kappa shape index (κ2) is 7.02. The van der Waals surface area contributed by atoms with Crippen molar-refractivity contribution >= 4 is 23.5 Å². The van der Waals surface area contributed by atoms with Crippen LogP contribution in [0.1, 0.15) is 43.5 Å². The number of amides is 2. The van der Waals surface area contributed by atoms with Gasteiger partial charge in [0.15, 0.2) is 0 Å². The molecule has 1 aromatic carbocycles. The highest BCUT2D eigenvalue weighted by Gasteiger charge is 2.37. The molecular formula is C15H19FN2O4. The number of carboxylic acid groups (broad SMARTS) is 1. The van der Waals surface area contributed by atoms with E-state index in [2.05, 4.69) is 5.32 Å². The molecule has 0 saturated heterocycles. The lowest BCUT2D eigenvalue weighted by atomic mass is 9.79. The minimum atomic E-state index is -1.14. The van der Waals surface area contributed by atoms with Gasteiger partial charge in [-0.1, -0.05) is 13.8 Å². The van der Waals surface area contributed by atoms with Crippen LogP contribution in [0.5, 0.6) is 0 Å². The molecule has 0 fully saturated rings. The summed E-state index contributed by atoms with van der Waals surface area (Å²) in [7, 11) is 0. The molecule has 0 aliphatic rings. The number of hydrogen-bond acceptors (Lipinski definition) is 3. The SMILES string of the molecule is CCC(CC)(CC(=O)Nc1ccc(C(N)=O)c(F)c1)C(=O)O. The molecule has 0 aliphatic carbocycles. The number of benzene rings is 1. The Kier molecular flexibility index (Phi) is 5.62. The van der Waals surface area contributed by atoms with E-state index in [0.717, 1.165) is 12.1 Å². The van der Waals surface area contributed by atoms with Gasteiger partial charge >= 0.3 is 5.97 Å². The first-order valence-electron chi connectivity index (χ1n) is 6.88. The highest BCUT2D eigenvalue weighted by molar-refractivity contribution is 5.96. The highest BCUT2D eigenvalue weighted by atomic mass is 19.1. The Bertz CT molecular complexity index is 597. The van der Waals surface area contributed by atoms with Crippen molar-refractivity contribution in [1.29, 1.82) is 0 Å². The van der Waals surface area contributed by atoms with Crippen LogP contribution in [-0.4, -0.2) is 22.9 Å². The quantitative estimate of drug-likeness (QED) is 0.716. The van der Waals surface area contributed by atoms with Crippen molar-refractivity contribution < 1.29 is 23.9 Å². The molecular weight excluding hydrogens is 291 g/mol. The summed E-state index contributed by atoms with van der Waals surface area (Å²) in [5, 5.41) is 11.7. The smallest absolute Gasteiger partial charge is 0.310 e. The van der Waals surface area contributed by atoms with Crippen molar-refractivity contribution in [2.45, 2.75) is 33.1 Å². The molecule has 0 unspecified atom stereocenters. The molecule has 0 heterocycles. The monoisotopic (exact) mass is 310 g/mol. The number of primary amides is 1. The predicted molar refractivity (Wildman–Crippen MR) is 78.8 cm³/mol. The van der Waals surface area contributed by atoms with Gasteiger partial charge in [-0.2, -0.15) is 0 Å². The fourth-order valence-electron chi connectivity index (χ4n) is 2.18. The van der Waals surface area contributed by atoms with Gasteiger partial charge in [-0.3, -0.25) is 14.4 Å². The maximum atomic E-state index is 13.6. The van der Waals surface area contributed by atoms with Gasteiger partial charge in [0.2, 0.25) is 5.91 Å². The largest absolute Gasteiger partial charge is 0.481 e. The van der Waals surface area contributed by atoms with E-state index in [-0.39, 0.29) is 17.7 Å². The van der Waals surface area contributed by atoms with Crippen LogP contribution in [0, 0.1) is 11.2 Å². The molecule has 0 saturated carbocycles. The third-order valence-corrected chi connectivity index (χ3v) is 3.82. The number of carbonyl (C=O) groups is 3. The number of aliphatic carboxylic acids is 1. The van der Waals surface area contributed by atoms with Crippen LogP contribution in [-0.2, 0) is 9.59 Å². The minimum Gasteiger partial charge on any atom is -0.481 e. The first-order valence-corrected chi connectivity index (χ1v) is 6.88. The second-order valence-corrected chi connectivity index (χ2v) is 5.08. The zero-order chi connectivity index (χ0) is 16.9. The van der Waals surface area contributed by atoms with Gasteiger partial charge in [0.25, 0.3) is 5.91 Å². The summed E-state index contributed by atoms with van der Waals surface area (Å²) in [5.41, 5.74) is 3.70. The van der Waals surface area contributed by atoms with E-state index < -0.39 is 29.0 Å².